The van der Waals surface area contributed by atoms with Gasteiger partial charge in [-0.1, -0.05) is 17.8 Å². The van der Waals surface area contributed by atoms with Crippen molar-refractivity contribution in [3.05, 3.63) is 42.5 Å². The molecule has 2 aliphatic heterocycles. The summed E-state index contributed by atoms with van der Waals surface area (Å²) in [7, 11) is 0. The van der Waals surface area contributed by atoms with E-state index in [-0.39, 0.29) is 11.7 Å². The number of hydrogen-bond donors (Lipinski definition) is 1. The van der Waals surface area contributed by atoms with Crippen LogP contribution in [0.25, 0.3) is 0 Å². The molecule has 4 rings (SSSR count). The molecule has 7 heteroatoms. The van der Waals surface area contributed by atoms with E-state index in [9.17, 15) is 9.18 Å². The number of hydrazone groups is 1. The van der Waals surface area contributed by atoms with Gasteiger partial charge in [-0.2, -0.15) is 5.10 Å². The van der Waals surface area contributed by atoms with Gasteiger partial charge in [0.25, 0.3) is 5.91 Å². The monoisotopic (exact) mass is 318 g/mol. The van der Waals surface area contributed by atoms with Gasteiger partial charge in [0.1, 0.15) is 5.82 Å². The van der Waals surface area contributed by atoms with Gasteiger partial charge in [0.15, 0.2) is 5.17 Å². The van der Waals surface area contributed by atoms with Crippen LogP contribution in [0.5, 0.6) is 0 Å². The van der Waals surface area contributed by atoms with Gasteiger partial charge in [0.05, 0.1) is 5.69 Å². The molecule has 5 nitrogen and oxygen atoms in total. The van der Waals surface area contributed by atoms with Crippen LogP contribution < -0.4 is 10.3 Å². The first-order valence-corrected chi connectivity index (χ1v) is 8.22. The fourth-order valence-electron chi connectivity index (χ4n) is 2.44. The van der Waals surface area contributed by atoms with E-state index in [0.717, 1.165) is 16.8 Å². The zero-order chi connectivity index (χ0) is 15.1. The Bertz CT molecular complexity index is 673. The first-order chi connectivity index (χ1) is 10.7. The average Bonchev–Trinajstić information content (AvgIpc) is 3.25. The smallest absolute Gasteiger partial charge is 0.276 e. The summed E-state index contributed by atoms with van der Waals surface area (Å²) < 4.78 is 13.3. The van der Waals surface area contributed by atoms with Gasteiger partial charge in [-0.25, -0.2) is 4.39 Å². The van der Waals surface area contributed by atoms with Gasteiger partial charge in [0, 0.05) is 18.2 Å². The van der Waals surface area contributed by atoms with Crippen molar-refractivity contribution in [3.8, 4) is 0 Å². The van der Waals surface area contributed by atoms with Crippen molar-refractivity contribution in [1.82, 2.24) is 10.3 Å². The molecule has 1 aromatic carbocycles. The van der Waals surface area contributed by atoms with Crippen molar-refractivity contribution in [2.45, 2.75) is 19.0 Å². The summed E-state index contributed by atoms with van der Waals surface area (Å²) in [5, 5.41) is 5.08. The molecule has 0 saturated heterocycles. The van der Waals surface area contributed by atoms with Crippen molar-refractivity contribution in [2.75, 3.05) is 10.7 Å². The van der Waals surface area contributed by atoms with Crippen LogP contribution in [0.15, 0.2) is 41.8 Å². The molecule has 0 bridgehead atoms. The second-order valence-corrected chi connectivity index (χ2v) is 6.56. The fraction of sp³-hybridized carbons (Fsp3) is 0.333. The molecule has 1 aliphatic carbocycles. The molecule has 1 unspecified atom stereocenters. The second kappa shape index (κ2) is 5.31. The third-order valence-electron chi connectivity index (χ3n) is 3.86. The second-order valence-electron chi connectivity index (χ2n) is 5.57. The van der Waals surface area contributed by atoms with Crippen molar-refractivity contribution in [2.24, 2.45) is 11.0 Å². The molecule has 0 radical (unpaired) electrons. The van der Waals surface area contributed by atoms with E-state index in [2.05, 4.69) is 10.5 Å². The normalized spacial score (nSPS) is 23.4. The number of benzene rings is 1. The Balaban J connectivity index is 1.52. The number of carbonyl (C=O) groups excluding carboxylic acids is 1. The molecular weight excluding hydrogens is 303 g/mol. The molecule has 1 atom stereocenters. The van der Waals surface area contributed by atoms with E-state index in [0.29, 0.717) is 5.69 Å². The van der Waals surface area contributed by atoms with Gasteiger partial charge >= 0.3 is 0 Å². The van der Waals surface area contributed by atoms with Crippen molar-refractivity contribution in [3.63, 3.8) is 0 Å². The quantitative estimate of drug-likeness (QED) is 0.929. The summed E-state index contributed by atoms with van der Waals surface area (Å²) in [5.41, 5.74) is 3.39. The zero-order valence-corrected chi connectivity index (χ0v) is 12.6. The highest BCUT2D eigenvalue weighted by atomic mass is 32.2. The molecule has 114 valence electrons. The Morgan fingerprint density at radius 2 is 2.23 bits per heavy atom. The molecule has 1 fully saturated rings. The van der Waals surface area contributed by atoms with Crippen molar-refractivity contribution >= 4 is 28.5 Å². The number of carbonyl (C=O) groups is 1. The van der Waals surface area contributed by atoms with Gasteiger partial charge in [-0.05, 0) is 37.0 Å². The highest BCUT2D eigenvalue weighted by Gasteiger charge is 2.38. The maximum absolute atomic E-state index is 13.3. The fourth-order valence-corrected chi connectivity index (χ4v) is 3.59. The van der Waals surface area contributed by atoms with Crippen LogP contribution >= 0.6 is 11.8 Å². The highest BCUT2D eigenvalue weighted by Crippen LogP contribution is 2.34. The Hall–Kier alpha value is -2.02. The van der Waals surface area contributed by atoms with Crippen LogP contribution in [0, 0.1) is 11.7 Å². The Morgan fingerprint density at radius 3 is 3.00 bits per heavy atom. The summed E-state index contributed by atoms with van der Waals surface area (Å²) in [4.78, 5) is 15.9. The minimum Gasteiger partial charge on any atom is -0.294 e. The molecule has 1 saturated carbocycles. The first kappa shape index (κ1) is 13.6. The molecule has 1 N–H and O–H groups in total. The lowest BCUT2D eigenvalue weighted by atomic mass is 10.2. The van der Waals surface area contributed by atoms with E-state index in [1.54, 1.807) is 30.1 Å². The van der Waals surface area contributed by atoms with Gasteiger partial charge in [0.2, 0.25) is 6.17 Å². The Morgan fingerprint density at radius 1 is 1.36 bits per heavy atom. The molecule has 0 spiro atoms. The zero-order valence-electron chi connectivity index (χ0n) is 11.8. The van der Waals surface area contributed by atoms with Crippen molar-refractivity contribution < 1.29 is 9.18 Å². The summed E-state index contributed by atoms with van der Waals surface area (Å²) in [6, 6.07) is 6.00. The van der Waals surface area contributed by atoms with Crippen LogP contribution in [0.1, 0.15) is 12.8 Å². The summed E-state index contributed by atoms with van der Waals surface area (Å²) in [5.74, 6) is 1.30. The molecule has 3 aliphatic rings. The van der Waals surface area contributed by atoms with Gasteiger partial charge in [-0.15, -0.1) is 0 Å². The first-order valence-electron chi connectivity index (χ1n) is 7.24. The third kappa shape index (κ3) is 2.45. The molecule has 1 aromatic rings. The molecule has 1 amide bonds. The van der Waals surface area contributed by atoms with E-state index in [4.69, 9.17) is 0 Å². The highest BCUT2D eigenvalue weighted by molar-refractivity contribution is 8.13. The maximum atomic E-state index is 13.3. The minimum absolute atomic E-state index is 0.168. The van der Waals surface area contributed by atoms with E-state index >= 15 is 0 Å². The summed E-state index contributed by atoms with van der Waals surface area (Å²) in [6.07, 6.45) is 5.51. The van der Waals surface area contributed by atoms with E-state index in [1.165, 1.54) is 29.9 Å². The Kier molecular flexibility index (Phi) is 3.29. The lowest BCUT2D eigenvalue weighted by molar-refractivity contribution is -0.122. The number of hydrogen-bond acceptors (Lipinski definition) is 5. The number of halogens is 1. The molecule has 22 heavy (non-hydrogen) atoms. The molecule has 0 aromatic heterocycles. The number of fused-ring (bicyclic) bond motifs is 1. The number of amidine groups is 1. The van der Waals surface area contributed by atoms with Gasteiger partial charge in [-0.3, -0.25) is 20.0 Å². The number of thioether (sulfide) groups is 1. The summed E-state index contributed by atoms with van der Waals surface area (Å²) in [6.45, 7) is 0. The van der Waals surface area contributed by atoms with E-state index < -0.39 is 6.17 Å². The number of nitrogens with one attached hydrogen (secondary N) is 1. The van der Waals surface area contributed by atoms with Crippen LogP contribution in [0.4, 0.5) is 10.1 Å². The standard InChI is InChI=1S/C15H15FN4OS/c16-11-2-1-3-12(8-11)19-6-7-20-13(14(19)21)17-18-15(20)22-9-10-4-5-10/h1-3,6-8,10,13,17H,4-5,9H2. The predicted molar refractivity (Wildman–Crippen MR) is 84.4 cm³/mol. The number of nitrogens with zero attached hydrogens (tertiary/aromatic N) is 3. The third-order valence-corrected chi connectivity index (χ3v) is 5.06. The van der Waals surface area contributed by atoms with Crippen LogP contribution in [-0.2, 0) is 4.79 Å². The number of rotatable bonds is 3. The van der Waals surface area contributed by atoms with Gasteiger partial charge < -0.3 is 0 Å². The summed E-state index contributed by atoms with van der Waals surface area (Å²) >= 11 is 1.67. The van der Waals surface area contributed by atoms with E-state index in [1.807, 2.05) is 11.1 Å². The number of amides is 1. The lowest BCUT2D eigenvalue weighted by Gasteiger charge is -2.31. The van der Waals surface area contributed by atoms with Crippen LogP contribution in [0.3, 0.4) is 0 Å². The number of anilines is 1. The minimum atomic E-state index is -0.546. The molecular formula is C15H15FN4OS. The lowest BCUT2D eigenvalue weighted by Crippen LogP contribution is -2.52. The maximum Gasteiger partial charge on any atom is 0.276 e. The molecule has 2 heterocycles. The largest absolute Gasteiger partial charge is 0.294 e. The predicted octanol–water partition coefficient (Wildman–Crippen LogP) is 2.29. The van der Waals surface area contributed by atoms with Crippen molar-refractivity contribution in [1.29, 1.82) is 0 Å². The van der Waals surface area contributed by atoms with Crippen LogP contribution in [-0.4, -0.2) is 27.9 Å². The topological polar surface area (TPSA) is 47.9 Å². The SMILES string of the molecule is O=C1C2NN=C(SCC3CC3)N2C=CN1c1cccc(F)c1. The average molecular weight is 318 g/mol. The van der Waals surface area contributed by atoms with Crippen LogP contribution in [0.2, 0.25) is 0 Å². The Labute approximate surface area is 131 Å².